The molecule has 7 heterocycles. The fourth-order valence-corrected chi connectivity index (χ4v) is 5.73. The third kappa shape index (κ3) is 7.93. The molecule has 7 rings (SSSR count). The van der Waals surface area contributed by atoms with E-state index >= 15 is 0 Å². The van der Waals surface area contributed by atoms with Crippen LogP contribution in [-0.2, 0) is 49.5 Å². The topological polar surface area (TPSA) is 144 Å². The highest BCUT2D eigenvalue weighted by Gasteiger charge is 2.45. The lowest BCUT2D eigenvalue weighted by atomic mass is 10.0. The number of hydrogen-bond donors (Lipinski definition) is 0. The summed E-state index contributed by atoms with van der Waals surface area (Å²) in [6, 6.07) is 22.2. The van der Waals surface area contributed by atoms with Crippen molar-refractivity contribution in [2.75, 3.05) is 92.5 Å². The average Bonchev–Trinajstić information content (AvgIpc) is 3.88. The van der Waals surface area contributed by atoms with Crippen molar-refractivity contribution in [1.82, 2.24) is 19.9 Å². The van der Waals surface area contributed by atoms with Gasteiger partial charge < -0.3 is 47.4 Å². The lowest BCUT2D eigenvalue weighted by Gasteiger charge is -2.27. The molecule has 14 heteroatoms. The van der Waals surface area contributed by atoms with E-state index in [0.29, 0.717) is 138 Å². The second kappa shape index (κ2) is 16.7. The molecule has 2 saturated heterocycles. The Morgan fingerprint density at radius 1 is 0.340 bits per heavy atom. The van der Waals surface area contributed by atoms with Crippen molar-refractivity contribution >= 4 is 0 Å². The largest absolute Gasteiger partial charge is 0.475 e. The zero-order valence-corrected chi connectivity index (χ0v) is 27.7. The first-order valence-electron chi connectivity index (χ1n) is 16.8. The fraction of sp³-hybridized carbons (Fsp3) is 0.444. The van der Waals surface area contributed by atoms with Gasteiger partial charge in [-0.05, 0) is 36.4 Å². The minimum absolute atomic E-state index is 0.309. The summed E-state index contributed by atoms with van der Waals surface area (Å²) in [6.45, 7) is 5.52. The number of nitrogens with zero attached hydrogens (tertiary/aromatic N) is 4. The lowest BCUT2D eigenvalue weighted by Crippen LogP contribution is -2.32. The highest BCUT2D eigenvalue weighted by Crippen LogP contribution is 2.40. The molecule has 3 aliphatic heterocycles. The van der Waals surface area contributed by atoms with Crippen LogP contribution in [0.5, 0.6) is 11.8 Å². The second-order valence-electron chi connectivity index (χ2n) is 11.3. The molecule has 8 bridgehead atoms. The van der Waals surface area contributed by atoms with Gasteiger partial charge in [0, 0.05) is 12.1 Å². The normalized spacial score (nSPS) is 20.5. The van der Waals surface area contributed by atoms with E-state index < -0.39 is 11.6 Å². The Balaban J connectivity index is 1.18. The molecule has 2 fully saturated rings. The molecular formula is C36H40N4O10. The second-order valence-corrected chi connectivity index (χ2v) is 11.3. The average molecular weight is 689 g/mol. The minimum Gasteiger partial charge on any atom is -0.475 e. The van der Waals surface area contributed by atoms with Gasteiger partial charge >= 0.3 is 0 Å². The molecule has 3 aliphatic rings. The van der Waals surface area contributed by atoms with Crippen LogP contribution in [0.15, 0.2) is 72.8 Å². The van der Waals surface area contributed by atoms with Crippen LogP contribution in [0.1, 0.15) is 22.8 Å². The first-order valence-corrected chi connectivity index (χ1v) is 16.8. The van der Waals surface area contributed by atoms with Gasteiger partial charge in [0.2, 0.25) is 11.8 Å². The van der Waals surface area contributed by atoms with Crippen molar-refractivity contribution in [2.45, 2.75) is 11.6 Å². The molecule has 0 aromatic carbocycles. The number of fused-ring (bicyclic) bond motifs is 13. The predicted molar refractivity (Wildman–Crippen MR) is 176 cm³/mol. The molecule has 50 heavy (non-hydrogen) atoms. The van der Waals surface area contributed by atoms with Crippen molar-refractivity contribution in [3.8, 4) is 23.1 Å². The van der Waals surface area contributed by atoms with Gasteiger partial charge in [-0.1, -0.05) is 24.3 Å². The van der Waals surface area contributed by atoms with Crippen LogP contribution in [0.4, 0.5) is 0 Å². The number of rotatable bonds is 0. The quantitative estimate of drug-likeness (QED) is 0.267. The Hall–Kier alpha value is -4.12. The van der Waals surface area contributed by atoms with Crippen LogP contribution in [0.2, 0.25) is 0 Å². The summed E-state index contributed by atoms with van der Waals surface area (Å²) < 4.78 is 59.3. The zero-order chi connectivity index (χ0) is 33.9. The molecule has 4 aromatic heterocycles. The van der Waals surface area contributed by atoms with E-state index in [2.05, 4.69) is 0 Å². The van der Waals surface area contributed by atoms with Gasteiger partial charge in [0.1, 0.15) is 36.0 Å². The van der Waals surface area contributed by atoms with Crippen molar-refractivity contribution in [2.24, 2.45) is 0 Å². The van der Waals surface area contributed by atoms with Gasteiger partial charge in [-0.3, -0.25) is 0 Å². The van der Waals surface area contributed by atoms with Crippen LogP contribution in [0.3, 0.4) is 0 Å². The third-order valence-electron chi connectivity index (χ3n) is 8.02. The predicted octanol–water partition coefficient (Wildman–Crippen LogP) is 3.27. The Morgan fingerprint density at radius 3 is 1.04 bits per heavy atom. The van der Waals surface area contributed by atoms with Gasteiger partial charge in [0.05, 0.1) is 90.7 Å². The van der Waals surface area contributed by atoms with Crippen LogP contribution < -0.4 is 9.47 Å². The fourth-order valence-electron chi connectivity index (χ4n) is 5.73. The first kappa shape index (κ1) is 34.3. The van der Waals surface area contributed by atoms with E-state index in [1.165, 1.54) is 0 Å². The summed E-state index contributed by atoms with van der Waals surface area (Å²) in [6.07, 6.45) is 0. The van der Waals surface area contributed by atoms with Crippen LogP contribution in [-0.4, -0.2) is 112 Å². The summed E-state index contributed by atoms with van der Waals surface area (Å²) >= 11 is 0. The molecule has 2 spiro atoms. The van der Waals surface area contributed by atoms with E-state index in [9.17, 15) is 0 Å². The monoisotopic (exact) mass is 688 g/mol. The molecule has 0 unspecified atom stereocenters. The van der Waals surface area contributed by atoms with E-state index in [0.717, 1.165) is 0 Å². The first-order chi connectivity index (χ1) is 24.8. The van der Waals surface area contributed by atoms with Crippen LogP contribution >= 0.6 is 0 Å². The van der Waals surface area contributed by atoms with Crippen LogP contribution in [0.25, 0.3) is 11.4 Å². The molecular weight excluding hydrogens is 648 g/mol. The number of ether oxygens (including phenoxy) is 10. The van der Waals surface area contributed by atoms with Gasteiger partial charge in [-0.2, -0.15) is 0 Å². The van der Waals surface area contributed by atoms with Crippen molar-refractivity contribution < 1.29 is 47.4 Å². The highest BCUT2D eigenvalue weighted by molar-refractivity contribution is 5.55. The molecule has 14 nitrogen and oxygen atoms in total. The van der Waals surface area contributed by atoms with Crippen molar-refractivity contribution in [3.05, 3.63) is 95.6 Å². The third-order valence-corrected chi connectivity index (χ3v) is 8.02. The molecule has 0 radical (unpaired) electrons. The molecule has 0 atom stereocenters. The van der Waals surface area contributed by atoms with Gasteiger partial charge in [0.15, 0.2) is 0 Å². The Kier molecular flexibility index (Phi) is 11.5. The summed E-state index contributed by atoms with van der Waals surface area (Å²) in [4.78, 5) is 19.5. The Labute approximate surface area is 289 Å². The van der Waals surface area contributed by atoms with Gasteiger partial charge in [-0.15, -0.1) is 0 Å². The maximum atomic E-state index is 6.25. The molecule has 264 valence electrons. The maximum absolute atomic E-state index is 6.25. The molecule has 0 saturated carbocycles. The Morgan fingerprint density at radius 2 is 0.660 bits per heavy atom. The lowest BCUT2D eigenvalue weighted by molar-refractivity contribution is -0.136. The van der Waals surface area contributed by atoms with Crippen molar-refractivity contribution in [1.29, 1.82) is 0 Å². The standard InChI is InChI=1S/C36H40N4O10/c1-5-27-28-6-2-8-30(38-28)36(49-25-26-50-36)32-10-4-12-34(40-32)46-22-20-44-18-16-42-14-13-41-15-17-43-19-21-45-33-11-3-9-31(39-33)35(29(7-1)37-27)47-23-24-48-35/h1-12H,13-26H2. The Bertz CT molecular complexity index is 1560. The number of aromatic nitrogens is 4. The minimum atomic E-state index is -1.33. The molecule has 0 amide bonds. The van der Waals surface area contributed by atoms with E-state index in [-0.39, 0.29) is 0 Å². The van der Waals surface area contributed by atoms with Crippen LogP contribution in [0, 0.1) is 0 Å². The summed E-state index contributed by atoms with van der Waals surface area (Å²) in [7, 11) is 0. The molecule has 0 aliphatic carbocycles. The van der Waals surface area contributed by atoms with E-state index in [4.69, 9.17) is 67.3 Å². The number of hydrogen-bond acceptors (Lipinski definition) is 14. The summed E-state index contributed by atoms with van der Waals surface area (Å²) in [5, 5.41) is 0. The summed E-state index contributed by atoms with van der Waals surface area (Å²) in [5.41, 5.74) is 3.27. The SMILES string of the molecule is c1cc2nc(c1)C1(OCCO1)c1cccc(n1)-c1cccc(n1)C1(OCCO1)c1cccc(n1)OCCOCCOCCOCCOCCO2. The van der Waals surface area contributed by atoms with E-state index in [1.54, 1.807) is 12.1 Å². The van der Waals surface area contributed by atoms with Gasteiger partial charge in [-0.25, -0.2) is 19.9 Å². The highest BCUT2D eigenvalue weighted by atomic mass is 16.7. The molecule has 0 N–H and O–H groups in total. The number of pyridine rings is 4. The summed E-state index contributed by atoms with van der Waals surface area (Å²) in [5.74, 6) is -1.84. The van der Waals surface area contributed by atoms with Crippen molar-refractivity contribution in [3.63, 3.8) is 0 Å². The maximum Gasteiger partial charge on any atom is 0.257 e. The zero-order valence-electron chi connectivity index (χ0n) is 27.7. The van der Waals surface area contributed by atoms with Gasteiger partial charge in [0.25, 0.3) is 11.6 Å². The molecule has 4 aromatic rings. The smallest absolute Gasteiger partial charge is 0.257 e. The van der Waals surface area contributed by atoms with E-state index in [1.807, 2.05) is 60.7 Å².